The Hall–Kier alpha value is -0.190. The Balaban J connectivity index is 2.42. The third-order valence-electron chi connectivity index (χ3n) is 2.33. The number of sulfonamides is 1. The van der Waals surface area contributed by atoms with Gasteiger partial charge in [-0.15, -0.1) is 11.3 Å². The van der Waals surface area contributed by atoms with E-state index in [9.17, 15) is 12.8 Å². The van der Waals surface area contributed by atoms with E-state index in [4.69, 9.17) is 0 Å². The lowest BCUT2D eigenvalue weighted by Gasteiger charge is -2.09. The van der Waals surface area contributed by atoms with E-state index in [1.165, 1.54) is 35.6 Å². The van der Waals surface area contributed by atoms with Crippen molar-refractivity contribution in [3.63, 3.8) is 0 Å². The van der Waals surface area contributed by atoms with Crippen molar-refractivity contribution in [2.45, 2.75) is 11.8 Å². The molecule has 2 aromatic rings. The second-order valence-corrected chi connectivity index (χ2v) is 9.04. The lowest BCUT2D eigenvalue weighted by molar-refractivity contribution is 0.600. The summed E-state index contributed by atoms with van der Waals surface area (Å²) in [4.78, 5) is 0.871. The van der Waals surface area contributed by atoms with Crippen LogP contribution in [-0.4, -0.2) is 8.42 Å². The van der Waals surface area contributed by atoms with Crippen molar-refractivity contribution >= 4 is 65.6 Å². The van der Waals surface area contributed by atoms with Crippen LogP contribution in [0.3, 0.4) is 0 Å². The number of hydrogen-bond donors (Lipinski definition) is 1. The van der Waals surface area contributed by atoms with Crippen LogP contribution in [0.1, 0.15) is 4.88 Å². The Kier molecular flexibility index (Phi) is 4.53. The highest BCUT2D eigenvalue weighted by Gasteiger charge is 2.21. The molecule has 0 radical (unpaired) electrons. The third kappa shape index (κ3) is 3.29. The quantitative estimate of drug-likeness (QED) is 0.670. The van der Waals surface area contributed by atoms with Crippen LogP contribution in [0.2, 0.25) is 0 Å². The average molecular weight is 476 g/mol. The van der Waals surface area contributed by atoms with Gasteiger partial charge >= 0.3 is 0 Å². The first-order valence-corrected chi connectivity index (χ1v) is 9.21. The molecule has 19 heavy (non-hydrogen) atoms. The van der Waals surface area contributed by atoms with Gasteiger partial charge in [0.2, 0.25) is 0 Å². The molecule has 102 valence electrons. The zero-order valence-electron chi connectivity index (χ0n) is 9.58. The highest BCUT2D eigenvalue weighted by molar-refractivity contribution is 14.1. The smallest absolute Gasteiger partial charge is 0.263 e. The Labute approximate surface area is 136 Å². The van der Waals surface area contributed by atoms with Crippen LogP contribution in [0.5, 0.6) is 0 Å². The molecule has 1 heterocycles. The summed E-state index contributed by atoms with van der Waals surface area (Å²) in [6.45, 7) is 1.72. The summed E-state index contributed by atoms with van der Waals surface area (Å²) in [5.41, 5.74) is 0.238. The molecule has 0 bridgehead atoms. The van der Waals surface area contributed by atoms with Crippen LogP contribution < -0.4 is 4.72 Å². The second kappa shape index (κ2) is 5.66. The number of thiophene rings is 1. The number of benzene rings is 1. The second-order valence-electron chi connectivity index (χ2n) is 3.68. The first-order chi connectivity index (χ1) is 8.81. The zero-order chi connectivity index (χ0) is 14.2. The van der Waals surface area contributed by atoms with Crippen molar-refractivity contribution in [2.75, 3.05) is 4.72 Å². The molecule has 0 saturated carbocycles. The maximum Gasteiger partial charge on any atom is 0.263 e. The van der Waals surface area contributed by atoms with E-state index in [1.54, 1.807) is 29.5 Å². The van der Waals surface area contributed by atoms with Crippen LogP contribution >= 0.6 is 49.9 Å². The number of rotatable bonds is 3. The summed E-state index contributed by atoms with van der Waals surface area (Å²) in [6, 6.07) is 5.81. The molecule has 3 nitrogen and oxygen atoms in total. The van der Waals surface area contributed by atoms with E-state index in [2.05, 4.69) is 20.7 Å². The molecule has 8 heteroatoms. The van der Waals surface area contributed by atoms with Crippen LogP contribution in [0, 0.1) is 16.3 Å². The van der Waals surface area contributed by atoms with Gasteiger partial charge in [-0.25, -0.2) is 12.8 Å². The maximum absolute atomic E-state index is 13.4. The highest BCUT2D eigenvalue weighted by Crippen LogP contribution is 2.31. The van der Waals surface area contributed by atoms with Gasteiger partial charge in [0.05, 0.1) is 13.0 Å². The molecule has 0 aliphatic rings. The van der Waals surface area contributed by atoms with Crippen LogP contribution in [0.25, 0.3) is 0 Å². The normalized spacial score (nSPS) is 11.6. The van der Waals surface area contributed by atoms with Gasteiger partial charge in [0.1, 0.15) is 10.7 Å². The fourth-order valence-electron chi connectivity index (χ4n) is 1.48. The number of anilines is 1. The molecule has 0 aliphatic heterocycles. The van der Waals surface area contributed by atoms with E-state index in [-0.39, 0.29) is 14.2 Å². The molecule has 0 saturated heterocycles. The Morgan fingerprint density at radius 2 is 2.11 bits per heavy atom. The molecule has 0 spiro atoms. The summed E-state index contributed by atoms with van der Waals surface area (Å²) in [5.74, 6) is -0.455. The molecule has 0 atom stereocenters. The fourth-order valence-corrected chi connectivity index (χ4v) is 5.64. The summed E-state index contributed by atoms with van der Waals surface area (Å²) < 4.78 is 41.3. The number of halogens is 3. The van der Waals surface area contributed by atoms with Gasteiger partial charge in [-0.2, -0.15) is 0 Å². The molecule has 0 amide bonds. The largest absolute Gasteiger partial charge is 0.278 e. The molecule has 1 aromatic carbocycles. The maximum atomic E-state index is 13.4. The molecule has 0 aliphatic carbocycles. The van der Waals surface area contributed by atoms with Gasteiger partial charge in [-0.1, -0.05) is 6.07 Å². The standard InChI is InChI=1S/C11H8BrFINO2S2/c1-6-9(5-10(12)18-6)19(16,17)15-8-4-2-3-7(13)11(8)14/h2-5,15H,1H3. The first kappa shape index (κ1) is 15.2. The predicted octanol–water partition coefficient (Wildman–Crippen LogP) is 4.36. The monoisotopic (exact) mass is 475 g/mol. The third-order valence-corrected chi connectivity index (χ3v) is 6.60. The first-order valence-electron chi connectivity index (χ1n) is 5.04. The van der Waals surface area contributed by atoms with Crippen molar-refractivity contribution in [3.8, 4) is 0 Å². The SMILES string of the molecule is Cc1sc(Br)cc1S(=O)(=O)Nc1cccc(F)c1I. The van der Waals surface area contributed by atoms with Crippen molar-refractivity contribution in [1.82, 2.24) is 0 Å². The van der Waals surface area contributed by atoms with E-state index in [1.807, 2.05) is 0 Å². The van der Waals surface area contributed by atoms with Crippen LogP contribution in [0.15, 0.2) is 32.9 Å². The van der Waals surface area contributed by atoms with E-state index in [0.717, 1.165) is 3.79 Å². The van der Waals surface area contributed by atoms with Gasteiger partial charge < -0.3 is 0 Å². The van der Waals surface area contributed by atoms with Crippen molar-refractivity contribution < 1.29 is 12.8 Å². The molecule has 0 fully saturated rings. The van der Waals surface area contributed by atoms with Crippen molar-refractivity contribution in [3.05, 3.63) is 42.3 Å². The topological polar surface area (TPSA) is 46.2 Å². The predicted molar refractivity (Wildman–Crippen MR) is 86.7 cm³/mol. The minimum atomic E-state index is -3.70. The summed E-state index contributed by atoms with van der Waals surface area (Å²) in [5, 5.41) is 0. The number of aryl methyl sites for hydroxylation is 1. The van der Waals surface area contributed by atoms with Gasteiger partial charge in [0.15, 0.2) is 0 Å². The van der Waals surface area contributed by atoms with Gasteiger partial charge in [0, 0.05) is 4.88 Å². The molecule has 2 rings (SSSR count). The van der Waals surface area contributed by atoms with Gasteiger partial charge in [-0.3, -0.25) is 4.72 Å². The van der Waals surface area contributed by atoms with Crippen molar-refractivity contribution in [2.24, 2.45) is 0 Å². The van der Waals surface area contributed by atoms with E-state index >= 15 is 0 Å². The number of nitrogens with one attached hydrogen (secondary N) is 1. The minimum absolute atomic E-state index is 0.199. The van der Waals surface area contributed by atoms with Crippen LogP contribution in [0.4, 0.5) is 10.1 Å². The molecular weight excluding hydrogens is 468 g/mol. The highest BCUT2D eigenvalue weighted by atomic mass is 127. The molecular formula is C11H8BrFINO2S2. The van der Waals surface area contributed by atoms with E-state index < -0.39 is 15.8 Å². The fraction of sp³-hybridized carbons (Fsp3) is 0.0909. The summed E-state index contributed by atoms with van der Waals surface area (Å²) >= 11 is 6.36. The van der Waals surface area contributed by atoms with E-state index in [0.29, 0.717) is 4.88 Å². The lowest BCUT2D eigenvalue weighted by atomic mass is 10.3. The number of hydrogen-bond acceptors (Lipinski definition) is 3. The molecule has 1 aromatic heterocycles. The van der Waals surface area contributed by atoms with Crippen molar-refractivity contribution in [1.29, 1.82) is 0 Å². The lowest BCUT2D eigenvalue weighted by Crippen LogP contribution is -2.14. The minimum Gasteiger partial charge on any atom is -0.278 e. The van der Waals surface area contributed by atoms with Gasteiger partial charge in [0.25, 0.3) is 10.0 Å². The summed E-state index contributed by atoms with van der Waals surface area (Å²) in [7, 11) is -3.70. The molecule has 1 N–H and O–H groups in total. The Morgan fingerprint density at radius 3 is 2.68 bits per heavy atom. The average Bonchev–Trinajstić information content (AvgIpc) is 2.65. The van der Waals surface area contributed by atoms with Gasteiger partial charge in [-0.05, 0) is 63.6 Å². The van der Waals surface area contributed by atoms with Crippen LogP contribution in [-0.2, 0) is 10.0 Å². The Morgan fingerprint density at radius 1 is 1.42 bits per heavy atom. The molecule has 0 unspecified atom stereocenters. The zero-order valence-corrected chi connectivity index (χ0v) is 15.0. The summed E-state index contributed by atoms with van der Waals surface area (Å²) in [6.07, 6.45) is 0. The Bertz CT molecular complexity index is 730.